The van der Waals surface area contributed by atoms with Gasteiger partial charge in [-0.05, 0) is 58.7 Å². The minimum atomic E-state index is 0.261. The smallest absolute Gasteiger partial charge is 0.140 e. The molecule has 2 rings (SSSR count). The molecular formula is C15H20BrNO. The predicted molar refractivity (Wildman–Crippen MR) is 76.4 cm³/mol. The summed E-state index contributed by atoms with van der Waals surface area (Å²) in [5, 5.41) is 0. The average molecular weight is 310 g/mol. The topological polar surface area (TPSA) is 30.0 Å². The van der Waals surface area contributed by atoms with Gasteiger partial charge in [-0.1, -0.05) is 13.8 Å². The highest BCUT2D eigenvalue weighted by Gasteiger charge is 2.30. The molecule has 0 N–H and O–H groups in total. The Morgan fingerprint density at radius 2 is 2.06 bits per heavy atom. The number of carbonyl (C=O) groups is 1. The molecule has 3 heteroatoms. The van der Waals surface area contributed by atoms with Gasteiger partial charge >= 0.3 is 0 Å². The highest BCUT2D eigenvalue weighted by molar-refractivity contribution is 9.10. The highest BCUT2D eigenvalue weighted by atomic mass is 79.9. The summed E-state index contributed by atoms with van der Waals surface area (Å²) in [4.78, 5) is 16.4. The number of ketones is 1. The van der Waals surface area contributed by atoms with E-state index in [2.05, 4.69) is 34.8 Å². The van der Waals surface area contributed by atoms with E-state index < -0.39 is 0 Å². The van der Waals surface area contributed by atoms with Gasteiger partial charge in [0.05, 0.1) is 0 Å². The fourth-order valence-electron chi connectivity index (χ4n) is 2.62. The minimum absolute atomic E-state index is 0.261. The summed E-state index contributed by atoms with van der Waals surface area (Å²) in [6.07, 6.45) is 8.49. The van der Waals surface area contributed by atoms with Crippen LogP contribution >= 0.6 is 15.9 Å². The number of halogens is 1. The van der Waals surface area contributed by atoms with Crippen LogP contribution < -0.4 is 0 Å². The van der Waals surface area contributed by atoms with Crippen LogP contribution in [0, 0.1) is 11.3 Å². The Kier molecular flexibility index (Phi) is 4.21. The number of carbonyl (C=O) groups excluding carboxylic acids is 1. The number of pyridine rings is 1. The molecule has 98 valence electrons. The van der Waals surface area contributed by atoms with Crippen molar-refractivity contribution in [3.8, 4) is 0 Å². The molecule has 1 aliphatic rings. The van der Waals surface area contributed by atoms with Crippen molar-refractivity contribution in [1.29, 1.82) is 0 Å². The normalized spacial score (nSPS) is 19.7. The summed E-state index contributed by atoms with van der Waals surface area (Å²) < 4.78 is 0.942. The van der Waals surface area contributed by atoms with Gasteiger partial charge in [0, 0.05) is 29.2 Å². The Labute approximate surface area is 117 Å². The monoisotopic (exact) mass is 309 g/mol. The first-order valence-corrected chi connectivity index (χ1v) is 7.38. The number of hydrogen-bond donors (Lipinski definition) is 0. The number of rotatable bonds is 3. The average Bonchev–Trinajstić information content (AvgIpc) is 2.28. The van der Waals surface area contributed by atoms with Crippen molar-refractivity contribution in [3.05, 3.63) is 28.5 Å². The van der Waals surface area contributed by atoms with Crippen LogP contribution in [0.1, 0.15) is 45.1 Å². The van der Waals surface area contributed by atoms with Gasteiger partial charge in [0.2, 0.25) is 0 Å². The molecule has 0 aromatic carbocycles. The van der Waals surface area contributed by atoms with Gasteiger partial charge in [-0.2, -0.15) is 0 Å². The second-order valence-corrected chi connectivity index (χ2v) is 7.01. The fourth-order valence-corrected chi connectivity index (χ4v) is 3.03. The summed E-state index contributed by atoms with van der Waals surface area (Å²) in [5.74, 6) is 0.641. The van der Waals surface area contributed by atoms with E-state index >= 15 is 0 Å². The molecular weight excluding hydrogens is 290 g/mol. The zero-order valence-corrected chi connectivity index (χ0v) is 12.7. The van der Waals surface area contributed by atoms with Crippen molar-refractivity contribution in [2.75, 3.05) is 0 Å². The van der Waals surface area contributed by atoms with Gasteiger partial charge < -0.3 is 0 Å². The minimum Gasteiger partial charge on any atom is -0.299 e. The zero-order chi connectivity index (χ0) is 13.2. The number of nitrogens with zero attached hydrogens (tertiary/aromatic N) is 1. The van der Waals surface area contributed by atoms with Crippen LogP contribution in [0.4, 0.5) is 0 Å². The predicted octanol–water partition coefficient (Wildman–Crippen LogP) is 4.17. The van der Waals surface area contributed by atoms with E-state index in [9.17, 15) is 4.79 Å². The van der Waals surface area contributed by atoms with Crippen LogP contribution in [-0.2, 0) is 11.2 Å². The van der Waals surface area contributed by atoms with Crippen molar-refractivity contribution in [1.82, 2.24) is 4.98 Å². The van der Waals surface area contributed by atoms with Gasteiger partial charge in [-0.3, -0.25) is 9.78 Å². The maximum Gasteiger partial charge on any atom is 0.140 e. The van der Waals surface area contributed by atoms with Crippen LogP contribution in [0.2, 0.25) is 0 Å². The van der Waals surface area contributed by atoms with Gasteiger partial charge in [0.1, 0.15) is 5.78 Å². The molecule has 1 aromatic rings. The Hall–Kier alpha value is -0.700. The standard InChI is InChI=1S/C15H20BrNO/c1-15(2)5-3-12(4-6-15)14(18)8-11-7-13(16)10-17-9-11/h7,9-10,12H,3-6,8H2,1-2H3. The molecule has 0 bridgehead atoms. The second kappa shape index (κ2) is 5.52. The molecule has 1 fully saturated rings. The molecule has 1 heterocycles. The Morgan fingerprint density at radius 3 is 2.67 bits per heavy atom. The molecule has 0 spiro atoms. The van der Waals surface area contributed by atoms with Gasteiger partial charge in [0.25, 0.3) is 0 Å². The fraction of sp³-hybridized carbons (Fsp3) is 0.600. The lowest BCUT2D eigenvalue weighted by atomic mass is 9.71. The lowest BCUT2D eigenvalue weighted by Crippen LogP contribution is -2.27. The van der Waals surface area contributed by atoms with Crippen LogP contribution in [0.3, 0.4) is 0 Å². The van der Waals surface area contributed by atoms with Crippen LogP contribution in [0.15, 0.2) is 22.9 Å². The van der Waals surface area contributed by atoms with Gasteiger partial charge in [-0.25, -0.2) is 0 Å². The van der Waals surface area contributed by atoms with Crippen molar-refractivity contribution in [3.63, 3.8) is 0 Å². The molecule has 0 radical (unpaired) electrons. The summed E-state index contributed by atoms with van der Waals surface area (Å²) in [7, 11) is 0. The van der Waals surface area contributed by atoms with E-state index in [4.69, 9.17) is 0 Å². The Balaban J connectivity index is 1.93. The zero-order valence-electron chi connectivity index (χ0n) is 11.1. The molecule has 0 saturated heterocycles. The van der Waals surface area contributed by atoms with Crippen LogP contribution in [0.25, 0.3) is 0 Å². The first-order chi connectivity index (χ1) is 8.46. The van der Waals surface area contributed by atoms with E-state index in [1.165, 1.54) is 12.8 Å². The van der Waals surface area contributed by atoms with Crippen LogP contribution in [0.5, 0.6) is 0 Å². The maximum absolute atomic E-state index is 12.2. The molecule has 18 heavy (non-hydrogen) atoms. The highest BCUT2D eigenvalue weighted by Crippen LogP contribution is 2.38. The van der Waals surface area contributed by atoms with Gasteiger partial charge in [0.15, 0.2) is 0 Å². The number of Topliss-reactive ketones (excluding diaryl/α,β-unsaturated/α-hetero) is 1. The van der Waals surface area contributed by atoms with Gasteiger partial charge in [-0.15, -0.1) is 0 Å². The molecule has 1 saturated carbocycles. The number of aromatic nitrogens is 1. The van der Waals surface area contributed by atoms with Crippen molar-refractivity contribution in [2.24, 2.45) is 11.3 Å². The molecule has 0 unspecified atom stereocenters. The number of hydrogen-bond acceptors (Lipinski definition) is 2. The summed E-state index contributed by atoms with van der Waals surface area (Å²) >= 11 is 3.39. The lowest BCUT2D eigenvalue weighted by Gasteiger charge is -2.33. The van der Waals surface area contributed by atoms with Crippen LogP contribution in [-0.4, -0.2) is 10.8 Å². The SMILES string of the molecule is CC1(C)CCC(C(=O)Cc2cncc(Br)c2)CC1. The quantitative estimate of drug-likeness (QED) is 0.838. The van der Waals surface area contributed by atoms with Crippen molar-refractivity contribution in [2.45, 2.75) is 46.0 Å². The summed E-state index contributed by atoms with van der Waals surface area (Å²) in [6.45, 7) is 4.60. The molecule has 2 nitrogen and oxygen atoms in total. The molecule has 1 aromatic heterocycles. The Morgan fingerprint density at radius 1 is 1.39 bits per heavy atom. The van der Waals surface area contributed by atoms with E-state index in [1.54, 1.807) is 12.4 Å². The third-order valence-corrected chi connectivity index (χ3v) is 4.37. The van der Waals surface area contributed by atoms with E-state index in [0.717, 1.165) is 22.9 Å². The lowest BCUT2D eigenvalue weighted by molar-refractivity contribution is -0.123. The molecule has 0 amide bonds. The Bertz CT molecular complexity index is 432. The van der Waals surface area contributed by atoms with E-state index in [1.807, 2.05) is 6.07 Å². The van der Waals surface area contributed by atoms with Crippen molar-refractivity contribution < 1.29 is 4.79 Å². The summed E-state index contributed by atoms with van der Waals surface area (Å²) in [6, 6.07) is 1.98. The third kappa shape index (κ3) is 3.64. The first kappa shape index (κ1) is 13.7. The third-order valence-electron chi connectivity index (χ3n) is 3.93. The first-order valence-electron chi connectivity index (χ1n) is 6.58. The van der Waals surface area contributed by atoms with E-state index in [-0.39, 0.29) is 5.92 Å². The molecule has 1 aliphatic carbocycles. The second-order valence-electron chi connectivity index (χ2n) is 6.09. The van der Waals surface area contributed by atoms with Crippen molar-refractivity contribution >= 4 is 21.7 Å². The largest absolute Gasteiger partial charge is 0.299 e. The summed E-state index contributed by atoms with van der Waals surface area (Å²) in [5.41, 5.74) is 1.44. The maximum atomic E-state index is 12.2. The molecule has 0 atom stereocenters. The molecule has 0 aliphatic heterocycles. The van der Waals surface area contributed by atoms with E-state index in [0.29, 0.717) is 17.6 Å².